The molecule has 0 bridgehead atoms. The van der Waals surface area contributed by atoms with E-state index in [1.807, 2.05) is 30.3 Å². The van der Waals surface area contributed by atoms with Crippen LogP contribution in [0.1, 0.15) is 23.1 Å². The normalized spacial score (nSPS) is 17.9. The number of aliphatic hydroxyl groups excluding tert-OH is 1. The zero-order chi connectivity index (χ0) is 17.6. The van der Waals surface area contributed by atoms with Gasteiger partial charge in [0.05, 0.1) is 38.9 Å². The maximum absolute atomic E-state index is 14.1. The van der Waals surface area contributed by atoms with E-state index in [0.717, 1.165) is 38.4 Å². The number of halogens is 1. The fraction of sp³-hybridized carbons (Fsp3) is 0.400. The summed E-state index contributed by atoms with van der Waals surface area (Å²) in [6.07, 6.45) is -0.779. The number of nitrogens with one attached hydrogen (secondary N) is 1. The molecule has 25 heavy (non-hydrogen) atoms. The van der Waals surface area contributed by atoms with Gasteiger partial charge in [-0.2, -0.15) is 0 Å². The summed E-state index contributed by atoms with van der Waals surface area (Å²) >= 11 is 0. The van der Waals surface area contributed by atoms with Crippen molar-refractivity contribution in [2.24, 2.45) is 0 Å². The van der Waals surface area contributed by atoms with Gasteiger partial charge in [0, 0.05) is 0 Å². The van der Waals surface area contributed by atoms with Crippen LogP contribution in [0.4, 0.5) is 4.39 Å². The number of benzene rings is 2. The number of methoxy groups -OCH3 is 1. The lowest BCUT2D eigenvalue weighted by Gasteiger charge is -2.30. The lowest BCUT2D eigenvalue weighted by atomic mass is 9.88. The van der Waals surface area contributed by atoms with Gasteiger partial charge in [-0.1, -0.05) is 36.4 Å². The van der Waals surface area contributed by atoms with E-state index in [1.165, 1.54) is 18.1 Å². The Kier molecular flexibility index (Phi) is 6.02. The van der Waals surface area contributed by atoms with Crippen LogP contribution in [0.3, 0.4) is 0 Å². The van der Waals surface area contributed by atoms with E-state index >= 15 is 0 Å². The molecule has 2 N–H and O–H groups in total. The zero-order valence-corrected chi connectivity index (χ0v) is 14.5. The molecule has 4 nitrogen and oxygen atoms in total. The van der Waals surface area contributed by atoms with Gasteiger partial charge >= 0.3 is 0 Å². The van der Waals surface area contributed by atoms with Crippen molar-refractivity contribution in [3.05, 3.63) is 65.5 Å². The highest BCUT2D eigenvalue weighted by atomic mass is 19.1. The first-order valence-electron chi connectivity index (χ1n) is 8.67. The minimum absolute atomic E-state index is 0.109. The molecule has 134 valence electrons. The lowest BCUT2D eigenvalue weighted by molar-refractivity contribution is -0.909. The SMILES string of the molecule is COc1ccc([C@@H](O)[C@@H](C[NH+]2CCOCC2)c2ccccc2)cc1F. The number of ether oxygens (including phenoxy) is 2. The molecule has 1 fully saturated rings. The number of quaternary nitrogens is 1. The van der Waals surface area contributed by atoms with Gasteiger partial charge in [0.2, 0.25) is 0 Å². The molecular weight excluding hydrogens is 321 g/mol. The van der Waals surface area contributed by atoms with E-state index in [1.54, 1.807) is 12.1 Å². The van der Waals surface area contributed by atoms with Gasteiger partial charge in [-0.25, -0.2) is 4.39 Å². The predicted molar refractivity (Wildman–Crippen MR) is 93.5 cm³/mol. The van der Waals surface area contributed by atoms with Crippen molar-refractivity contribution in [3.8, 4) is 5.75 Å². The van der Waals surface area contributed by atoms with Gasteiger partial charge in [-0.05, 0) is 23.3 Å². The summed E-state index contributed by atoms with van der Waals surface area (Å²) in [6, 6.07) is 14.6. The molecule has 1 aliphatic heterocycles. The molecule has 0 amide bonds. The van der Waals surface area contributed by atoms with E-state index in [9.17, 15) is 9.50 Å². The molecule has 0 saturated carbocycles. The molecule has 1 aliphatic rings. The predicted octanol–water partition coefficient (Wildman–Crippen LogP) is 1.57. The van der Waals surface area contributed by atoms with E-state index in [-0.39, 0.29) is 11.7 Å². The second-order valence-corrected chi connectivity index (χ2v) is 6.42. The molecule has 0 spiro atoms. The summed E-state index contributed by atoms with van der Waals surface area (Å²) in [6.45, 7) is 4.11. The molecule has 1 heterocycles. The van der Waals surface area contributed by atoms with Crippen molar-refractivity contribution in [2.45, 2.75) is 12.0 Å². The fourth-order valence-corrected chi connectivity index (χ4v) is 3.39. The number of rotatable bonds is 6. The second kappa shape index (κ2) is 8.43. The van der Waals surface area contributed by atoms with Crippen LogP contribution in [0.15, 0.2) is 48.5 Å². The Labute approximate surface area is 147 Å². The Balaban J connectivity index is 1.86. The van der Waals surface area contributed by atoms with E-state index in [0.29, 0.717) is 5.56 Å². The minimum atomic E-state index is -0.779. The molecular formula is C20H25FNO3+. The number of hydrogen-bond donors (Lipinski definition) is 2. The summed E-state index contributed by atoms with van der Waals surface area (Å²) < 4.78 is 24.5. The van der Waals surface area contributed by atoms with Gasteiger partial charge in [0.1, 0.15) is 13.1 Å². The van der Waals surface area contributed by atoms with Gasteiger partial charge in [-0.3, -0.25) is 0 Å². The Bertz CT molecular complexity index is 674. The smallest absolute Gasteiger partial charge is 0.165 e. The van der Waals surface area contributed by atoms with Crippen LogP contribution < -0.4 is 9.64 Å². The molecule has 2 aromatic carbocycles. The zero-order valence-electron chi connectivity index (χ0n) is 14.5. The quantitative estimate of drug-likeness (QED) is 0.834. The third kappa shape index (κ3) is 4.37. The van der Waals surface area contributed by atoms with Gasteiger partial charge in [0.25, 0.3) is 0 Å². The minimum Gasteiger partial charge on any atom is -0.494 e. The number of morpholine rings is 1. The maximum atomic E-state index is 14.1. The maximum Gasteiger partial charge on any atom is 0.165 e. The summed E-state index contributed by atoms with van der Waals surface area (Å²) in [5.74, 6) is -0.377. The Morgan fingerprint density at radius 2 is 1.84 bits per heavy atom. The van der Waals surface area contributed by atoms with Crippen LogP contribution in [0.25, 0.3) is 0 Å². The van der Waals surface area contributed by atoms with Gasteiger partial charge < -0.3 is 19.5 Å². The van der Waals surface area contributed by atoms with Crippen LogP contribution in [0, 0.1) is 5.82 Å². The lowest BCUT2D eigenvalue weighted by Crippen LogP contribution is -3.14. The van der Waals surface area contributed by atoms with Crippen LogP contribution in [-0.4, -0.2) is 45.1 Å². The summed E-state index contributed by atoms with van der Waals surface area (Å²) in [4.78, 5) is 1.40. The van der Waals surface area contributed by atoms with E-state index in [2.05, 4.69) is 0 Å². The highest BCUT2D eigenvalue weighted by Gasteiger charge is 2.29. The molecule has 0 aliphatic carbocycles. The first-order chi connectivity index (χ1) is 12.2. The number of hydrogen-bond acceptors (Lipinski definition) is 3. The van der Waals surface area contributed by atoms with Crippen LogP contribution >= 0.6 is 0 Å². The van der Waals surface area contributed by atoms with Gasteiger partial charge in [0.15, 0.2) is 11.6 Å². The van der Waals surface area contributed by atoms with Crippen molar-refractivity contribution in [1.29, 1.82) is 0 Å². The van der Waals surface area contributed by atoms with Crippen molar-refractivity contribution in [3.63, 3.8) is 0 Å². The molecule has 1 saturated heterocycles. The summed E-state index contributed by atoms with van der Waals surface area (Å²) in [7, 11) is 1.43. The molecule has 2 atom stereocenters. The van der Waals surface area contributed by atoms with Crippen molar-refractivity contribution in [2.75, 3.05) is 40.0 Å². The third-order valence-corrected chi connectivity index (χ3v) is 4.83. The molecule has 2 aromatic rings. The Morgan fingerprint density at radius 1 is 1.12 bits per heavy atom. The molecule has 5 heteroatoms. The highest BCUT2D eigenvalue weighted by molar-refractivity contribution is 5.33. The van der Waals surface area contributed by atoms with Crippen LogP contribution in [0.2, 0.25) is 0 Å². The monoisotopic (exact) mass is 346 g/mol. The standard InChI is InChI=1S/C20H24FNO3/c1-24-19-8-7-16(13-18(19)21)20(23)17(15-5-3-2-4-6-15)14-22-9-11-25-12-10-22/h2-8,13,17,20,23H,9-12,14H2,1H3/p+1/t17-,20+/m0/s1. The van der Waals surface area contributed by atoms with Crippen LogP contribution in [0.5, 0.6) is 5.75 Å². The van der Waals surface area contributed by atoms with Gasteiger partial charge in [-0.15, -0.1) is 0 Å². The highest BCUT2D eigenvalue weighted by Crippen LogP contribution is 2.32. The topological polar surface area (TPSA) is 43.1 Å². The number of aliphatic hydroxyl groups is 1. The van der Waals surface area contributed by atoms with E-state index < -0.39 is 11.9 Å². The Hall–Kier alpha value is -1.95. The molecule has 3 rings (SSSR count). The first-order valence-corrected chi connectivity index (χ1v) is 8.67. The van der Waals surface area contributed by atoms with Crippen molar-refractivity contribution in [1.82, 2.24) is 0 Å². The van der Waals surface area contributed by atoms with E-state index in [4.69, 9.17) is 9.47 Å². The third-order valence-electron chi connectivity index (χ3n) is 4.83. The second-order valence-electron chi connectivity index (χ2n) is 6.42. The molecule has 0 aromatic heterocycles. The summed E-state index contributed by atoms with van der Waals surface area (Å²) in [5, 5.41) is 11.0. The van der Waals surface area contributed by atoms with Crippen LogP contribution in [-0.2, 0) is 4.74 Å². The van der Waals surface area contributed by atoms with Crippen molar-refractivity contribution < 1.29 is 23.9 Å². The fourth-order valence-electron chi connectivity index (χ4n) is 3.39. The average Bonchev–Trinajstić information content (AvgIpc) is 2.67. The molecule has 0 unspecified atom stereocenters. The summed E-state index contributed by atoms with van der Waals surface area (Å²) in [5.41, 5.74) is 1.63. The first kappa shape index (κ1) is 17.9. The van der Waals surface area contributed by atoms with Crippen molar-refractivity contribution >= 4 is 0 Å². The average molecular weight is 346 g/mol. The molecule has 0 radical (unpaired) electrons. The largest absolute Gasteiger partial charge is 0.494 e. The Morgan fingerprint density at radius 3 is 2.48 bits per heavy atom.